The standard InChI is InChI=1S/C13H20N2O2S/c1-3-15-13(17)11-5-4-10(14)8-12(11)18-9(2)6-7-16/h4-5,8-9,16H,3,6-7,14H2,1-2H3,(H,15,17). The van der Waals surface area contributed by atoms with Crippen molar-refractivity contribution in [1.82, 2.24) is 5.32 Å². The first kappa shape index (κ1) is 14.9. The maximum Gasteiger partial charge on any atom is 0.252 e. The predicted octanol–water partition coefficient (Wildman–Crippen LogP) is 1.88. The van der Waals surface area contributed by atoms with E-state index in [2.05, 4.69) is 5.32 Å². The van der Waals surface area contributed by atoms with Crippen LogP contribution in [0.15, 0.2) is 23.1 Å². The number of aliphatic hydroxyl groups is 1. The first-order chi connectivity index (χ1) is 8.58. The summed E-state index contributed by atoms with van der Waals surface area (Å²) in [5, 5.41) is 11.9. The quantitative estimate of drug-likeness (QED) is 0.544. The molecule has 5 heteroatoms. The van der Waals surface area contributed by atoms with Gasteiger partial charge in [0.1, 0.15) is 0 Å². The van der Waals surface area contributed by atoms with Gasteiger partial charge in [-0.25, -0.2) is 0 Å². The van der Waals surface area contributed by atoms with Gasteiger partial charge in [0.15, 0.2) is 0 Å². The number of carbonyl (C=O) groups is 1. The molecular weight excluding hydrogens is 248 g/mol. The van der Waals surface area contributed by atoms with Gasteiger partial charge in [0.25, 0.3) is 5.91 Å². The minimum atomic E-state index is -0.0869. The van der Waals surface area contributed by atoms with Crippen LogP contribution in [0.5, 0.6) is 0 Å². The highest BCUT2D eigenvalue weighted by molar-refractivity contribution is 8.00. The van der Waals surface area contributed by atoms with Crippen LogP contribution in [-0.4, -0.2) is 29.4 Å². The van der Waals surface area contributed by atoms with Crippen molar-refractivity contribution < 1.29 is 9.90 Å². The van der Waals surface area contributed by atoms with Crippen LogP contribution in [0.2, 0.25) is 0 Å². The summed E-state index contributed by atoms with van der Waals surface area (Å²) in [6, 6.07) is 5.28. The Morgan fingerprint density at radius 1 is 1.56 bits per heavy atom. The lowest BCUT2D eigenvalue weighted by Crippen LogP contribution is -2.23. The van der Waals surface area contributed by atoms with E-state index in [-0.39, 0.29) is 17.8 Å². The first-order valence-electron chi connectivity index (χ1n) is 6.03. The number of nitrogens with one attached hydrogen (secondary N) is 1. The number of amides is 1. The van der Waals surface area contributed by atoms with Gasteiger partial charge in [0.05, 0.1) is 5.56 Å². The molecule has 1 amide bonds. The van der Waals surface area contributed by atoms with Crippen molar-refractivity contribution in [3.05, 3.63) is 23.8 Å². The van der Waals surface area contributed by atoms with Crippen molar-refractivity contribution >= 4 is 23.4 Å². The van der Waals surface area contributed by atoms with Crippen molar-refractivity contribution in [2.75, 3.05) is 18.9 Å². The van der Waals surface area contributed by atoms with Gasteiger partial charge in [-0.2, -0.15) is 0 Å². The van der Waals surface area contributed by atoms with E-state index < -0.39 is 0 Å². The van der Waals surface area contributed by atoms with Crippen LogP contribution in [0, 0.1) is 0 Å². The smallest absolute Gasteiger partial charge is 0.252 e. The highest BCUT2D eigenvalue weighted by Gasteiger charge is 2.14. The van der Waals surface area contributed by atoms with Crippen LogP contribution in [0.4, 0.5) is 5.69 Å². The number of benzene rings is 1. The molecule has 0 bridgehead atoms. The minimum Gasteiger partial charge on any atom is -0.399 e. The fourth-order valence-electron chi connectivity index (χ4n) is 1.54. The average molecular weight is 268 g/mol. The number of nitrogen functional groups attached to an aromatic ring is 1. The summed E-state index contributed by atoms with van der Waals surface area (Å²) in [4.78, 5) is 12.8. The molecule has 0 saturated carbocycles. The fourth-order valence-corrected chi connectivity index (χ4v) is 2.69. The van der Waals surface area contributed by atoms with E-state index in [1.165, 1.54) is 0 Å². The zero-order valence-electron chi connectivity index (χ0n) is 10.8. The number of nitrogens with two attached hydrogens (primary N) is 1. The number of thioether (sulfide) groups is 1. The largest absolute Gasteiger partial charge is 0.399 e. The van der Waals surface area contributed by atoms with Crippen LogP contribution in [0.25, 0.3) is 0 Å². The molecule has 100 valence electrons. The van der Waals surface area contributed by atoms with Gasteiger partial charge >= 0.3 is 0 Å². The Morgan fingerprint density at radius 3 is 2.89 bits per heavy atom. The molecule has 4 N–H and O–H groups in total. The Kier molecular flexibility index (Phi) is 6.01. The summed E-state index contributed by atoms with van der Waals surface area (Å²) in [6.07, 6.45) is 0.689. The summed E-state index contributed by atoms with van der Waals surface area (Å²) in [7, 11) is 0. The Hall–Kier alpha value is -1.20. The monoisotopic (exact) mass is 268 g/mol. The zero-order chi connectivity index (χ0) is 13.5. The molecule has 0 radical (unpaired) electrons. The van der Waals surface area contributed by atoms with Gasteiger partial charge in [-0.05, 0) is 31.5 Å². The number of aliphatic hydroxyl groups excluding tert-OH is 1. The molecule has 1 aromatic carbocycles. The molecule has 0 aliphatic rings. The van der Waals surface area contributed by atoms with E-state index in [1.54, 1.807) is 23.9 Å². The Bertz CT molecular complexity index is 410. The maximum absolute atomic E-state index is 11.9. The molecule has 1 atom stereocenters. The molecule has 18 heavy (non-hydrogen) atoms. The number of hydrogen-bond donors (Lipinski definition) is 3. The highest BCUT2D eigenvalue weighted by atomic mass is 32.2. The van der Waals surface area contributed by atoms with E-state index in [0.717, 1.165) is 4.90 Å². The van der Waals surface area contributed by atoms with Crippen LogP contribution < -0.4 is 11.1 Å². The molecule has 1 rings (SSSR count). The minimum absolute atomic E-state index is 0.0869. The lowest BCUT2D eigenvalue weighted by molar-refractivity contribution is 0.0953. The Morgan fingerprint density at radius 2 is 2.28 bits per heavy atom. The molecule has 0 heterocycles. The van der Waals surface area contributed by atoms with Gasteiger partial charge in [0, 0.05) is 29.0 Å². The molecule has 1 aromatic rings. The third-order valence-electron chi connectivity index (χ3n) is 2.45. The fraction of sp³-hybridized carbons (Fsp3) is 0.462. The third kappa shape index (κ3) is 4.23. The van der Waals surface area contributed by atoms with Crippen LogP contribution in [0.1, 0.15) is 30.6 Å². The molecule has 0 aliphatic heterocycles. The highest BCUT2D eigenvalue weighted by Crippen LogP contribution is 2.30. The number of hydrogen-bond acceptors (Lipinski definition) is 4. The lowest BCUT2D eigenvalue weighted by atomic mass is 10.2. The predicted molar refractivity (Wildman–Crippen MR) is 75.9 cm³/mol. The second-order valence-electron chi connectivity index (χ2n) is 4.06. The molecular formula is C13H20N2O2S. The normalized spacial score (nSPS) is 12.2. The Labute approximate surface area is 112 Å². The van der Waals surface area contributed by atoms with Crippen molar-refractivity contribution in [3.8, 4) is 0 Å². The molecule has 0 saturated heterocycles. The molecule has 0 fully saturated rings. The molecule has 4 nitrogen and oxygen atoms in total. The first-order valence-corrected chi connectivity index (χ1v) is 6.91. The van der Waals surface area contributed by atoms with Crippen LogP contribution >= 0.6 is 11.8 Å². The van der Waals surface area contributed by atoms with Crippen molar-refractivity contribution in [3.63, 3.8) is 0 Å². The number of rotatable bonds is 6. The van der Waals surface area contributed by atoms with Crippen molar-refractivity contribution in [2.45, 2.75) is 30.4 Å². The van der Waals surface area contributed by atoms with E-state index in [1.807, 2.05) is 19.9 Å². The topological polar surface area (TPSA) is 75.4 Å². The van der Waals surface area contributed by atoms with Gasteiger partial charge < -0.3 is 16.2 Å². The van der Waals surface area contributed by atoms with Gasteiger partial charge in [-0.15, -0.1) is 11.8 Å². The number of anilines is 1. The molecule has 1 unspecified atom stereocenters. The summed E-state index contributed by atoms with van der Waals surface area (Å²) in [5.74, 6) is -0.0869. The summed E-state index contributed by atoms with van der Waals surface area (Å²) in [5.41, 5.74) is 7.04. The van der Waals surface area contributed by atoms with Gasteiger partial charge in [0.2, 0.25) is 0 Å². The summed E-state index contributed by atoms with van der Waals surface area (Å²) >= 11 is 1.56. The molecule has 0 spiro atoms. The van der Waals surface area contributed by atoms with E-state index in [9.17, 15) is 4.79 Å². The maximum atomic E-state index is 11.9. The SMILES string of the molecule is CCNC(=O)c1ccc(N)cc1SC(C)CCO. The third-order valence-corrected chi connectivity index (χ3v) is 3.68. The van der Waals surface area contributed by atoms with Crippen molar-refractivity contribution in [1.29, 1.82) is 0 Å². The summed E-state index contributed by atoms with van der Waals surface area (Å²) < 4.78 is 0. The lowest BCUT2D eigenvalue weighted by Gasteiger charge is -2.14. The second kappa shape index (κ2) is 7.28. The number of carbonyl (C=O) groups excluding carboxylic acids is 1. The van der Waals surface area contributed by atoms with E-state index in [0.29, 0.717) is 24.2 Å². The second-order valence-corrected chi connectivity index (χ2v) is 5.54. The van der Waals surface area contributed by atoms with E-state index in [4.69, 9.17) is 10.8 Å². The van der Waals surface area contributed by atoms with Crippen molar-refractivity contribution in [2.24, 2.45) is 0 Å². The van der Waals surface area contributed by atoms with E-state index >= 15 is 0 Å². The molecule has 0 aromatic heterocycles. The van der Waals surface area contributed by atoms with Gasteiger partial charge in [-0.3, -0.25) is 4.79 Å². The molecule has 0 aliphatic carbocycles. The van der Waals surface area contributed by atoms with Crippen LogP contribution in [-0.2, 0) is 0 Å². The van der Waals surface area contributed by atoms with Gasteiger partial charge in [-0.1, -0.05) is 6.92 Å². The summed E-state index contributed by atoms with van der Waals surface area (Å²) in [6.45, 7) is 4.65. The Balaban J connectivity index is 2.92. The zero-order valence-corrected chi connectivity index (χ0v) is 11.6. The average Bonchev–Trinajstić information content (AvgIpc) is 2.29. The van der Waals surface area contributed by atoms with Crippen LogP contribution in [0.3, 0.4) is 0 Å².